The van der Waals surface area contributed by atoms with Crippen LogP contribution in [-0.2, 0) is 23.3 Å². The average Bonchev–Trinajstić information content (AvgIpc) is 3.44. The number of aryl methyl sites for hydroxylation is 2. The Morgan fingerprint density at radius 2 is 2.03 bits per heavy atom. The van der Waals surface area contributed by atoms with E-state index in [-0.39, 0.29) is 18.0 Å². The lowest BCUT2D eigenvalue weighted by Crippen LogP contribution is -2.52. The lowest BCUT2D eigenvalue weighted by molar-refractivity contribution is -0.146. The maximum Gasteiger partial charge on any atom is 0.333 e. The highest BCUT2D eigenvalue weighted by Crippen LogP contribution is 2.28. The fourth-order valence-electron chi connectivity index (χ4n) is 3.38. The average molecular weight is 456 g/mol. The Kier molecular flexibility index (Phi) is 5.43. The Morgan fingerprint density at radius 3 is 2.69 bits per heavy atom. The Labute approximate surface area is 185 Å². The van der Waals surface area contributed by atoms with Crippen LogP contribution in [0, 0.1) is 0 Å². The van der Waals surface area contributed by atoms with Gasteiger partial charge in [-0.3, -0.25) is 9.36 Å². The summed E-state index contributed by atoms with van der Waals surface area (Å²) in [5.74, 6) is -0.436. The molecule has 0 fully saturated rings. The zero-order chi connectivity index (χ0) is 23.0. The maximum absolute atomic E-state index is 13.4. The minimum absolute atomic E-state index is 0.0165. The lowest BCUT2D eigenvalue weighted by Gasteiger charge is -2.23. The standard InChI is InChI=1S/C21H20N4O6S/c1-21(2,19(27)28)25-17(26)14-18(32-16(23-14)15-22-9-11-31-15)24(20(25)29)10-8-12-6-4-5-7-13(12)30-3/h4-7,9,11H,8,10H2,1-3H3,(H,27,28). The lowest BCUT2D eigenvalue weighted by atomic mass is 10.1. The Balaban J connectivity index is 1.94. The third-order valence-electron chi connectivity index (χ3n) is 5.18. The first-order valence-electron chi connectivity index (χ1n) is 9.67. The second kappa shape index (κ2) is 8.08. The van der Waals surface area contributed by atoms with Crippen LogP contribution in [0.2, 0.25) is 0 Å². The van der Waals surface area contributed by atoms with Crippen molar-refractivity contribution in [3.8, 4) is 16.6 Å². The van der Waals surface area contributed by atoms with E-state index in [4.69, 9.17) is 9.15 Å². The Hall–Kier alpha value is -3.73. The second-order valence-corrected chi connectivity index (χ2v) is 8.49. The SMILES string of the molecule is COc1ccccc1CCn1c(=O)n(C(C)(C)C(=O)O)c(=O)c2nc(-c3ncco3)sc21. The number of aliphatic carboxylic acids is 1. The Morgan fingerprint density at radius 1 is 1.28 bits per heavy atom. The van der Waals surface area contributed by atoms with Crippen LogP contribution in [0.1, 0.15) is 19.4 Å². The number of aromatic nitrogens is 4. The molecule has 4 aromatic rings. The maximum atomic E-state index is 13.4. The van der Waals surface area contributed by atoms with E-state index in [1.165, 1.54) is 30.9 Å². The van der Waals surface area contributed by atoms with E-state index in [1.54, 1.807) is 7.11 Å². The number of para-hydroxylation sites is 1. The topological polar surface area (TPSA) is 129 Å². The molecule has 0 atom stereocenters. The van der Waals surface area contributed by atoms with Crippen molar-refractivity contribution in [3.05, 3.63) is 63.1 Å². The summed E-state index contributed by atoms with van der Waals surface area (Å²) in [6.45, 7) is 2.78. The molecule has 0 saturated carbocycles. The largest absolute Gasteiger partial charge is 0.496 e. The van der Waals surface area contributed by atoms with E-state index in [0.29, 0.717) is 22.0 Å². The van der Waals surface area contributed by atoms with Crippen LogP contribution >= 0.6 is 11.3 Å². The van der Waals surface area contributed by atoms with Crippen molar-refractivity contribution in [2.45, 2.75) is 32.4 Å². The molecule has 0 aliphatic rings. The van der Waals surface area contributed by atoms with Crippen LogP contribution in [0.25, 0.3) is 21.2 Å². The van der Waals surface area contributed by atoms with Crippen LogP contribution in [-0.4, -0.2) is 37.3 Å². The van der Waals surface area contributed by atoms with Gasteiger partial charge in [0.15, 0.2) is 10.5 Å². The predicted octanol–water partition coefficient (Wildman–Crippen LogP) is 2.35. The molecule has 0 amide bonds. The highest BCUT2D eigenvalue weighted by molar-refractivity contribution is 7.21. The van der Waals surface area contributed by atoms with Crippen molar-refractivity contribution in [3.63, 3.8) is 0 Å². The quantitative estimate of drug-likeness (QED) is 0.449. The van der Waals surface area contributed by atoms with Crippen LogP contribution in [0.3, 0.4) is 0 Å². The number of methoxy groups -OCH3 is 1. The van der Waals surface area contributed by atoms with Crippen molar-refractivity contribution in [2.75, 3.05) is 7.11 Å². The number of oxazole rings is 1. The van der Waals surface area contributed by atoms with Crippen LogP contribution in [0.15, 0.2) is 50.7 Å². The molecule has 0 spiro atoms. The minimum atomic E-state index is -1.78. The monoisotopic (exact) mass is 456 g/mol. The van der Waals surface area contributed by atoms with Crippen LogP contribution in [0.5, 0.6) is 5.75 Å². The molecule has 0 radical (unpaired) electrons. The van der Waals surface area contributed by atoms with Gasteiger partial charge in [-0.05, 0) is 31.9 Å². The highest BCUT2D eigenvalue weighted by atomic mass is 32.1. The van der Waals surface area contributed by atoms with Gasteiger partial charge in [0, 0.05) is 6.54 Å². The Bertz CT molecular complexity index is 1410. The first-order valence-corrected chi connectivity index (χ1v) is 10.5. The molecule has 4 rings (SSSR count). The third kappa shape index (κ3) is 3.50. The fraction of sp³-hybridized carbons (Fsp3) is 0.286. The van der Waals surface area contributed by atoms with Gasteiger partial charge in [-0.15, -0.1) is 0 Å². The van der Waals surface area contributed by atoms with Crippen molar-refractivity contribution >= 4 is 27.7 Å². The van der Waals surface area contributed by atoms with Crippen LogP contribution in [0.4, 0.5) is 0 Å². The van der Waals surface area contributed by atoms with Crippen molar-refractivity contribution < 1.29 is 19.1 Å². The van der Waals surface area contributed by atoms with Crippen molar-refractivity contribution in [1.29, 1.82) is 0 Å². The van der Waals surface area contributed by atoms with E-state index in [9.17, 15) is 19.5 Å². The molecule has 1 aromatic carbocycles. The summed E-state index contributed by atoms with van der Waals surface area (Å²) in [6, 6.07) is 7.39. The molecule has 0 saturated heterocycles. The van der Waals surface area contributed by atoms with Crippen LogP contribution < -0.4 is 16.0 Å². The van der Waals surface area contributed by atoms with E-state index < -0.39 is 22.8 Å². The number of carbonyl (C=O) groups is 1. The smallest absolute Gasteiger partial charge is 0.333 e. The van der Waals surface area contributed by atoms with Gasteiger partial charge in [-0.25, -0.2) is 24.1 Å². The summed E-state index contributed by atoms with van der Waals surface area (Å²) in [4.78, 5) is 47.1. The zero-order valence-electron chi connectivity index (χ0n) is 17.6. The van der Waals surface area contributed by atoms with Gasteiger partial charge in [0.05, 0.1) is 13.3 Å². The van der Waals surface area contributed by atoms with E-state index in [2.05, 4.69) is 9.97 Å². The number of nitrogens with zero attached hydrogens (tertiary/aromatic N) is 4. The van der Waals surface area contributed by atoms with Gasteiger partial charge in [0.2, 0.25) is 0 Å². The molecule has 0 unspecified atom stereocenters. The van der Waals surface area contributed by atoms with Crippen molar-refractivity contribution in [2.24, 2.45) is 0 Å². The molecule has 10 nitrogen and oxygen atoms in total. The summed E-state index contributed by atoms with van der Waals surface area (Å²) in [6.07, 6.45) is 3.24. The molecule has 166 valence electrons. The fourth-order valence-corrected chi connectivity index (χ4v) is 4.40. The summed E-state index contributed by atoms with van der Waals surface area (Å²) < 4.78 is 12.8. The molecule has 11 heteroatoms. The molecular weight excluding hydrogens is 436 g/mol. The van der Waals surface area contributed by atoms with Gasteiger partial charge < -0.3 is 14.3 Å². The highest BCUT2D eigenvalue weighted by Gasteiger charge is 2.35. The summed E-state index contributed by atoms with van der Waals surface area (Å²) in [7, 11) is 1.56. The van der Waals surface area contributed by atoms with E-state index >= 15 is 0 Å². The molecule has 0 aliphatic carbocycles. The molecule has 32 heavy (non-hydrogen) atoms. The summed E-state index contributed by atoms with van der Waals surface area (Å²) in [5.41, 5.74) is -2.44. The molecule has 0 aliphatic heterocycles. The number of benzene rings is 1. The third-order valence-corrected chi connectivity index (χ3v) is 6.24. The minimum Gasteiger partial charge on any atom is -0.496 e. The molecular formula is C21H20N4O6S. The number of rotatable bonds is 7. The molecule has 3 heterocycles. The number of thiazole rings is 1. The first-order chi connectivity index (χ1) is 15.3. The number of fused-ring (bicyclic) bond motifs is 1. The number of hydrogen-bond donors (Lipinski definition) is 1. The van der Waals surface area contributed by atoms with Gasteiger partial charge in [0.25, 0.3) is 11.4 Å². The molecule has 3 aromatic heterocycles. The summed E-state index contributed by atoms with van der Waals surface area (Å²) >= 11 is 1.09. The number of hydrogen-bond acceptors (Lipinski definition) is 8. The van der Waals surface area contributed by atoms with Gasteiger partial charge in [-0.2, -0.15) is 0 Å². The number of carboxylic acid groups (broad SMARTS) is 1. The number of ether oxygens (including phenoxy) is 1. The van der Waals surface area contributed by atoms with Gasteiger partial charge in [-0.1, -0.05) is 29.5 Å². The van der Waals surface area contributed by atoms with E-state index in [1.807, 2.05) is 24.3 Å². The predicted molar refractivity (Wildman–Crippen MR) is 117 cm³/mol. The first kappa shape index (κ1) is 21.5. The second-order valence-electron chi connectivity index (χ2n) is 7.51. The molecule has 0 bridgehead atoms. The molecule has 1 N–H and O–H groups in total. The summed E-state index contributed by atoms with van der Waals surface area (Å²) in [5, 5.41) is 9.99. The van der Waals surface area contributed by atoms with E-state index in [0.717, 1.165) is 21.5 Å². The van der Waals surface area contributed by atoms with Crippen molar-refractivity contribution in [1.82, 2.24) is 19.1 Å². The van der Waals surface area contributed by atoms with Gasteiger partial charge in [0.1, 0.15) is 22.4 Å². The normalized spacial score (nSPS) is 11.7. The number of carboxylic acids is 1. The zero-order valence-corrected chi connectivity index (χ0v) is 18.4. The van der Waals surface area contributed by atoms with Gasteiger partial charge >= 0.3 is 11.7 Å².